The third kappa shape index (κ3) is 6.04. The predicted molar refractivity (Wildman–Crippen MR) is 116 cm³/mol. The van der Waals surface area contributed by atoms with Crippen molar-refractivity contribution >= 4 is 39.1 Å². The third-order valence-corrected chi connectivity index (χ3v) is 6.39. The lowest BCUT2D eigenvalue weighted by Gasteiger charge is -2.31. The molecule has 9 heteroatoms. The number of benzene rings is 2. The lowest BCUT2D eigenvalue weighted by molar-refractivity contribution is -0.134. The minimum atomic E-state index is -3.76. The van der Waals surface area contributed by atoms with Crippen LogP contribution in [0.2, 0.25) is 5.02 Å². The molecule has 2 aromatic carbocycles. The number of aryl methyl sites for hydroxylation is 1. The first-order chi connectivity index (χ1) is 14.2. The Morgan fingerprint density at radius 3 is 2.20 bits per heavy atom. The molecule has 7 nitrogen and oxygen atoms in total. The molecule has 0 saturated carbocycles. The van der Waals surface area contributed by atoms with Crippen LogP contribution in [0.4, 0.5) is 5.69 Å². The number of nitrogens with zero attached hydrogens (tertiary/aromatic N) is 1. The Morgan fingerprint density at radius 1 is 1.03 bits per heavy atom. The Balaban J connectivity index is 1.45. The highest BCUT2D eigenvalue weighted by Crippen LogP contribution is 2.21. The van der Waals surface area contributed by atoms with Crippen LogP contribution < -0.4 is 10.5 Å². The summed E-state index contributed by atoms with van der Waals surface area (Å²) in [5.41, 5.74) is 1.57. The van der Waals surface area contributed by atoms with E-state index in [1.165, 1.54) is 24.3 Å². The summed E-state index contributed by atoms with van der Waals surface area (Å²) in [5, 5.41) is 8.54. The van der Waals surface area contributed by atoms with E-state index in [2.05, 4.69) is 5.32 Å². The molecule has 2 amide bonds. The number of sulfonamides is 1. The van der Waals surface area contributed by atoms with Gasteiger partial charge in [-0.25, -0.2) is 13.6 Å². The van der Waals surface area contributed by atoms with Crippen LogP contribution in [0.15, 0.2) is 53.4 Å². The molecule has 0 aromatic heterocycles. The zero-order chi connectivity index (χ0) is 21.7. The first-order valence-electron chi connectivity index (χ1n) is 9.68. The van der Waals surface area contributed by atoms with Gasteiger partial charge in [0.25, 0.3) is 0 Å². The van der Waals surface area contributed by atoms with Gasteiger partial charge in [-0.05, 0) is 61.2 Å². The van der Waals surface area contributed by atoms with Gasteiger partial charge in [0, 0.05) is 36.1 Å². The second-order valence-corrected chi connectivity index (χ2v) is 9.34. The number of amides is 2. The molecule has 160 valence electrons. The van der Waals surface area contributed by atoms with Gasteiger partial charge < -0.3 is 10.2 Å². The zero-order valence-electron chi connectivity index (χ0n) is 16.4. The smallest absolute Gasteiger partial charge is 0.238 e. The first kappa shape index (κ1) is 22.3. The van der Waals surface area contributed by atoms with Crippen molar-refractivity contribution in [3.8, 4) is 0 Å². The molecule has 0 unspecified atom stereocenters. The molecule has 1 aliphatic rings. The fourth-order valence-corrected chi connectivity index (χ4v) is 4.07. The number of hydrogen-bond acceptors (Lipinski definition) is 4. The van der Waals surface area contributed by atoms with E-state index in [4.69, 9.17) is 16.7 Å². The number of carbonyl (C=O) groups excluding carboxylic acids is 2. The second-order valence-electron chi connectivity index (χ2n) is 7.34. The van der Waals surface area contributed by atoms with Crippen LogP contribution in [0.5, 0.6) is 0 Å². The maximum atomic E-state index is 12.5. The number of nitrogens with one attached hydrogen (secondary N) is 1. The van der Waals surface area contributed by atoms with E-state index in [9.17, 15) is 18.0 Å². The number of hydrogen-bond donors (Lipinski definition) is 2. The minimum Gasteiger partial charge on any atom is -0.343 e. The molecule has 0 atom stereocenters. The van der Waals surface area contributed by atoms with Crippen molar-refractivity contribution in [2.24, 2.45) is 11.1 Å². The third-order valence-electron chi connectivity index (χ3n) is 5.21. The fraction of sp³-hybridized carbons (Fsp3) is 0.333. The number of halogens is 1. The zero-order valence-corrected chi connectivity index (χ0v) is 18.0. The van der Waals surface area contributed by atoms with Crippen LogP contribution in [0.25, 0.3) is 0 Å². The molecule has 1 saturated heterocycles. The molecule has 0 spiro atoms. The lowest BCUT2D eigenvalue weighted by atomic mass is 9.95. The molecular weight excluding hydrogens is 426 g/mol. The fourth-order valence-electron chi connectivity index (χ4n) is 3.42. The first-order valence-corrected chi connectivity index (χ1v) is 11.6. The van der Waals surface area contributed by atoms with E-state index in [0.717, 1.165) is 5.56 Å². The van der Waals surface area contributed by atoms with E-state index >= 15 is 0 Å². The largest absolute Gasteiger partial charge is 0.343 e. The topological polar surface area (TPSA) is 110 Å². The minimum absolute atomic E-state index is 0.00841. The van der Waals surface area contributed by atoms with Crippen molar-refractivity contribution < 1.29 is 18.0 Å². The molecule has 0 bridgehead atoms. The van der Waals surface area contributed by atoms with Crippen molar-refractivity contribution in [3.05, 3.63) is 59.1 Å². The molecule has 1 heterocycles. The molecule has 3 N–H and O–H groups in total. The molecule has 30 heavy (non-hydrogen) atoms. The average molecular weight is 450 g/mol. The number of nitrogens with two attached hydrogens (primary N) is 1. The van der Waals surface area contributed by atoms with Gasteiger partial charge in [-0.2, -0.15) is 0 Å². The number of piperidine rings is 1. The maximum Gasteiger partial charge on any atom is 0.238 e. The standard InChI is InChI=1S/C21H24ClN3O4S/c22-17-4-1-15(2-5-17)3-10-20(26)25-13-11-16(12-14-25)21(27)24-18-6-8-19(9-7-18)30(23,28)29/h1-2,4-9,16H,3,10-14H2,(H,24,27)(H2,23,28,29). The summed E-state index contributed by atoms with van der Waals surface area (Å²) in [4.78, 5) is 26.8. The van der Waals surface area contributed by atoms with Crippen molar-refractivity contribution in [3.63, 3.8) is 0 Å². The maximum absolute atomic E-state index is 12.5. The quantitative estimate of drug-likeness (QED) is 0.706. The number of carbonyl (C=O) groups is 2. The Hall–Kier alpha value is -2.42. The summed E-state index contributed by atoms with van der Waals surface area (Å²) in [7, 11) is -3.76. The highest BCUT2D eigenvalue weighted by atomic mass is 35.5. The van der Waals surface area contributed by atoms with E-state index in [1.807, 2.05) is 24.3 Å². The van der Waals surface area contributed by atoms with Gasteiger partial charge in [-0.1, -0.05) is 23.7 Å². The Morgan fingerprint density at radius 2 is 1.63 bits per heavy atom. The van der Waals surface area contributed by atoms with Crippen LogP contribution in [0, 0.1) is 5.92 Å². The Labute approximate surface area is 181 Å². The Bertz CT molecular complexity index is 1000. The van der Waals surface area contributed by atoms with Gasteiger partial charge >= 0.3 is 0 Å². The van der Waals surface area contributed by atoms with E-state index in [-0.39, 0.29) is 22.6 Å². The van der Waals surface area contributed by atoms with Gasteiger partial charge in [0.1, 0.15) is 0 Å². The molecule has 0 aliphatic carbocycles. The summed E-state index contributed by atoms with van der Waals surface area (Å²) >= 11 is 5.87. The highest BCUT2D eigenvalue weighted by Gasteiger charge is 2.27. The van der Waals surface area contributed by atoms with E-state index in [0.29, 0.717) is 49.5 Å². The van der Waals surface area contributed by atoms with Crippen molar-refractivity contribution in [1.29, 1.82) is 0 Å². The SMILES string of the molecule is NS(=O)(=O)c1ccc(NC(=O)C2CCN(C(=O)CCc3ccc(Cl)cc3)CC2)cc1. The molecule has 1 fully saturated rings. The summed E-state index contributed by atoms with van der Waals surface area (Å²) in [6.45, 7) is 1.09. The Kier molecular flexibility index (Phi) is 7.12. The van der Waals surface area contributed by atoms with Crippen LogP contribution in [-0.2, 0) is 26.0 Å². The van der Waals surface area contributed by atoms with Gasteiger partial charge in [-0.3, -0.25) is 9.59 Å². The van der Waals surface area contributed by atoms with Gasteiger partial charge in [-0.15, -0.1) is 0 Å². The summed E-state index contributed by atoms with van der Waals surface area (Å²) in [6, 6.07) is 13.2. The number of likely N-dealkylation sites (tertiary alicyclic amines) is 1. The molecule has 1 aliphatic heterocycles. The summed E-state index contributed by atoms with van der Waals surface area (Å²) < 4.78 is 22.6. The average Bonchev–Trinajstić information content (AvgIpc) is 2.73. The molecule has 0 radical (unpaired) electrons. The number of anilines is 1. The molecule has 3 rings (SSSR count). The van der Waals surface area contributed by atoms with Gasteiger partial charge in [0.05, 0.1) is 4.90 Å². The summed E-state index contributed by atoms with van der Waals surface area (Å²) in [6.07, 6.45) is 2.27. The second kappa shape index (κ2) is 9.59. The van der Waals surface area contributed by atoms with E-state index in [1.54, 1.807) is 4.90 Å². The van der Waals surface area contributed by atoms with Crippen LogP contribution in [0.3, 0.4) is 0 Å². The predicted octanol–water partition coefficient (Wildman–Crippen LogP) is 2.80. The van der Waals surface area contributed by atoms with Crippen LogP contribution in [0.1, 0.15) is 24.8 Å². The van der Waals surface area contributed by atoms with E-state index < -0.39 is 10.0 Å². The van der Waals surface area contributed by atoms with Crippen LogP contribution in [-0.4, -0.2) is 38.2 Å². The van der Waals surface area contributed by atoms with Gasteiger partial charge in [0.2, 0.25) is 21.8 Å². The van der Waals surface area contributed by atoms with Gasteiger partial charge in [0.15, 0.2) is 0 Å². The van der Waals surface area contributed by atoms with Crippen molar-refractivity contribution in [2.45, 2.75) is 30.6 Å². The van der Waals surface area contributed by atoms with Crippen molar-refractivity contribution in [1.82, 2.24) is 4.90 Å². The van der Waals surface area contributed by atoms with Crippen molar-refractivity contribution in [2.75, 3.05) is 18.4 Å². The number of primary sulfonamides is 1. The monoisotopic (exact) mass is 449 g/mol. The highest BCUT2D eigenvalue weighted by molar-refractivity contribution is 7.89. The molecular formula is C21H24ClN3O4S. The summed E-state index contributed by atoms with van der Waals surface area (Å²) in [5.74, 6) is -0.239. The van der Waals surface area contributed by atoms with Crippen LogP contribution >= 0.6 is 11.6 Å². The lowest BCUT2D eigenvalue weighted by Crippen LogP contribution is -2.41. The number of rotatable bonds is 6. The normalized spacial score (nSPS) is 15.1. The molecule has 2 aromatic rings.